The second-order valence-corrected chi connectivity index (χ2v) is 8.97. The Kier molecular flexibility index (Phi) is 11.3. The van der Waals surface area contributed by atoms with Gasteiger partial charge in [-0.25, -0.2) is 4.79 Å². The molecule has 0 radical (unpaired) electrons. The summed E-state index contributed by atoms with van der Waals surface area (Å²) in [6.07, 6.45) is 3.02. The summed E-state index contributed by atoms with van der Waals surface area (Å²) in [4.78, 5) is 11.4. The first-order chi connectivity index (χ1) is 14.2. The molecule has 0 bridgehead atoms. The van der Waals surface area contributed by atoms with Gasteiger partial charge >= 0.3 is 5.97 Å². The van der Waals surface area contributed by atoms with Crippen molar-refractivity contribution in [1.29, 1.82) is 0 Å². The molecule has 0 aromatic heterocycles. The predicted octanol–water partition coefficient (Wildman–Crippen LogP) is 3.70. The molecule has 31 heavy (non-hydrogen) atoms. The van der Waals surface area contributed by atoms with E-state index in [1.54, 1.807) is 24.3 Å². The highest BCUT2D eigenvalue weighted by Gasteiger charge is 2.15. The van der Waals surface area contributed by atoms with Gasteiger partial charge in [0.1, 0.15) is 0 Å². The second-order valence-electron chi connectivity index (χ2n) is 6.69. The van der Waals surface area contributed by atoms with Gasteiger partial charge in [-0.15, -0.1) is 0 Å². The minimum Gasteiger partial charge on any atom is -0.465 e. The number of halogens is 1. The molecule has 0 saturated carbocycles. The molecule has 1 aliphatic heterocycles. The van der Waals surface area contributed by atoms with Crippen molar-refractivity contribution in [3.8, 4) is 0 Å². The van der Waals surface area contributed by atoms with E-state index in [0.717, 1.165) is 41.5 Å². The van der Waals surface area contributed by atoms with Crippen molar-refractivity contribution >= 4 is 32.0 Å². The van der Waals surface area contributed by atoms with Crippen LogP contribution >= 0.6 is 15.9 Å². The van der Waals surface area contributed by atoms with Crippen LogP contribution in [0.1, 0.15) is 40.7 Å². The molecule has 1 atom stereocenters. The highest BCUT2D eigenvalue weighted by molar-refractivity contribution is 9.10. The average Bonchev–Trinajstić information content (AvgIpc) is 2.73. The normalized spacial score (nSPS) is 15.8. The van der Waals surface area contributed by atoms with Crippen molar-refractivity contribution in [2.45, 2.75) is 44.0 Å². The molecule has 10 heteroatoms. The lowest BCUT2D eigenvalue weighted by Crippen LogP contribution is -2.22. The summed E-state index contributed by atoms with van der Waals surface area (Å²) in [5, 5.41) is 0. The first-order valence-electron chi connectivity index (χ1n) is 9.35. The number of hydrogen-bond donors (Lipinski definition) is 1. The molecule has 3 rings (SSSR count). The minimum absolute atomic E-state index is 0. The van der Waals surface area contributed by atoms with E-state index in [1.807, 2.05) is 13.0 Å². The zero-order chi connectivity index (χ0) is 22.1. The fraction of sp³-hybridized carbons (Fsp3) is 0.381. The molecule has 1 aliphatic rings. The van der Waals surface area contributed by atoms with E-state index in [4.69, 9.17) is 18.8 Å². The van der Waals surface area contributed by atoms with E-state index in [0.29, 0.717) is 12.2 Å². The maximum Gasteiger partial charge on any atom is 0.337 e. The first kappa shape index (κ1) is 27.2. The Hall–Kier alpha value is -1.82. The van der Waals surface area contributed by atoms with Gasteiger partial charge < -0.3 is 19.7 Å². The highest BCUT2D eigenvalue weighted by atomic mass is 79.9. The fourth-order valence-electron chi connectivity index (χ4n) is 2.67. The lowest BCUT2D eigenvalue weighted by Gasteiger charge is -2.23. The molecule has 0 amide bonds. The summed E-state index contributed by atoms with van der Waals surface area (Å²) in [5.74, 6) is -0.345. The number of esters is 1. The van der Waals surface area contributed by atoms with Crippen molar-refractivity contribution in [2.24, 2.45) is 0 Å². The van der Waals surface area contributed by atoms with E-state index in [1.165, 1.54) is 19.2 Å². The van der Waals surface area contributed by atoms with Gasteiger partial charge in [0, 0.05) is 11.1 Å². The Labute approximate surface area is 190 Å². The van der Waals surface area contributed by atoms with Gasteiger partial charge in [0.2, 0.25) is 0 Å². The van der Waals surface area contributed by atoms with Gasteiger partial charge in [-0.1, -0.05) is 33.6 Å². The number of methoxy groups -OCH3 is 1. The molecule has 0 spiro atoms. The van der Waals surface area contributed by atoms with Crippen molar-refractivity contribution < 1.29 is 37.5 Å². The van der Waals surface area contributed by atoms with E-state index in [2.05, 4.69) is 15.9 Å². The average molecular weight is 519 g/mol. The zero-order valence-corrected chi connectivity index (χ0v) is 19.7. The fourth-order valence-corrected chi connectivity index (χ4v) is 3.51. The van der Waals surface area contributed by atoms with Crippen molar-refractivity contribution in [2.75, 3.05) is 13.7 Å². The van der Waals surface area contributed by atoms with Crippen molar-refractivity contribution in [1.82, 2.24) is 0 Å². The molecule has 1 fully saturated rings. The van der Waals surface area contributed by atoms with E-state index in [9.17, 15) is 13.2 Å². The Morgan fingerprint density at radius 2 is 1.87 bits per heavy atom. The molecule has 172 valence electrons. The van der Waals surface area contributed by atoms with Crippen LogP contribution in [0, 0.1) is 6.92 Å². The standard InChI is InChI=1S/C14H17BrO4.C7H8O3S.H2O/c1-17-14(16)10-5-6-12(15)11(8-10)9-19-13-4-2-3-7-18-13;1-6-2-4-7(5-3-6)11(8,9)10;/h5-6,8,13H,2-4,7,9H2,1H3;2-5H,1H3,(H,8,9,10);1H2. The molecular weight excluding hydrogens is 492 g/mol. The minimum atomic E-state index is -4.02. The van der Waals surface area contributed by atoms with Gasteiger partial charge in [-0.3, -0.25) is 4.55 Å². The third-order valence-corrected chi connectivity index (χ3v) is 5.99. The lowest BCUT2D eigenvalue weighted by molar-refractivity contribution is -0.169. The molecule has 1 unspecified atom stereocenters. The Morgan fingerprint density at radius 1 is 1.19 bits per heavy atom. The number of ether oxygens (including phenoxy) is 3. The third kappa shape index (κ3) is 9.06. The van der Waals surface area contributed by atoms with Crippen molar-refractivity contribution in [3.63, 3.8) is 0 Å². The maximum absolute atomic E-state index is 11.5. The Morgan fingerprint density at radius 3 is 2.42 bits per heavy atom. The molecule has 0 aliphatic carbocycles. The summed E-state index contributed by atoms with van der Waals surface area (Å²) in [7, 11) is -2.65. The molecule has 2 aromatic carbocycles. The monoisotopic (exact) mass is 518 g/mol. The van der Waals surface area contributed by atoms with Crippen LogP contribution in [0.5, 0.6) is 0 Å². The largest absolute Gasteiger partial charge is 0.465 e. The van der Waals surface area contributed by atoms with Crippen LogP contribution in [0.15, 0.2) is 51.8 Å². The lowest BCUT2D eigenvalue weighted by atomic mass is 10.1. The number of rotatable bonds is 5. The second kappa shape index (κ2) is 12.9. The Balaban J connectivity index is 0.000000344. The van der Waals surface area contributed by atoms with Crippen LogP contribution in [0.4, 0.5) is 0 Å². The van der Waals surface area contributed by atoms with Crippen LogP contribution in [0.3, 0.4) is 0 Å². The first-order valence-corrected chi connectivity index (χ1v) is 11.6. The molecule has 1 heterocycles. The number of carbonyl (C=O) groups excluding carboxylic acids is 1. The summed E-state index contributed by atoms with van der Waals surface area (Å²) in [6, 6.07) is 11.3. The van der Waals surface area contributed by atoms with Crippen LogP contribution < -0.4 is 0 Å². The molecular formula is C21H27BrO8S. The van der Waals surface area contributed by atoms with E-state index >= 15 is 0 Å². The highest BCUT2D eigenvalue weighted by Crippen LogP contribution is 2.22. The number of aryl methyl sites for hydroxylation is 1. The predicted molar refractivity (Wildman–Crippen MR) is 118 cm³/mol. The van der Waals surface area contributed by atoms with E-state index in [-0.39, 0.29) is 22.6 Å². The van der Waals surface area contributed by atoms with Crippen LogP contribution in [0.25, 0.3) is 0 Å². The van der Waals surface area contributed by atoms with Gasteiger partial charge in [0.05, 0.1) is 24.2 Å². The van der Waals surface area contributed by atoms with Crippen molar-refractivity contribution in [3.05, 3.63) is 63.6 Å². The van der Waals surface area contributed by atoms with Gasteiger partial charge in [-0.2, -0.15) is 8.42 Å². The van der Waals surface area contributed by atoms with Crippen LogP contribution in [-0.2, 0) is 30.9 Å². The SMILES string of the molecule is COC(=O)c1ccc(Br)c(COC2CCCCO2)c1.Cc1ccc(S(=O)(=O)O)cc1.O. The van der Waals surface area contributed by atoms with Crippen LogP contribution in [-0.4, -0.2) is 44.4 Å². The van der Waals surface area contributed by atoms with Crippen LogP contribution in [0.2, 0.25) is 0 Å². The number of carbonyl (C=O) groups is 1. The molecule has 1 saturated heterocycles. The van der Waals surface area contributed by atoms with E-state index < -0.39 is 10.1 Å². The summed E-state index contributed by atoms with van der Waals surface area (Å²) in [6.45, 7) is 3.01. The third-order valence-electron chi connectivity index (χ3n) is 4.35. The van der Waals surface area contributed by atoms with Gasteiger partial charge in [0.15, 0.2) is 6.29 Å². The zero-order valence-electron chi connectivity index (χ0n) is 17.3. The molecule has 2 aromatic rings. The topological polar surface area (TPSA) is 131 Å². The summed E-state index contributed by atoms with van der Waals surface area (Å²) >= 11 is 3.45. The maximum atomic E-state index is 11.5. The summed E-state index contributed by atoms with van der Waals surface area (Å²) < 4.78 is 46.4. The Bertz CT molecular complexity index is 938. The number of benzene rings is 2. The van der Waals surface area contributed by atoms with Gasteiger partial charge in [-0.05, 0) is 62.1 Å². The smallest absolute Gasteiger partial charge is 0.337 e. The molecule has 8 nitrogen and oxygen atoms in total. The quantitative estimate of drug-likeness (QED) is 0.471. The summed E-state index contributed by atoms with van der Waals surface area (Å²) in [5.41, 5.74) is 2.39. The number of hydrogen-bond acceptors (Lipinski definition) is 6. The molecule has 3 N–H and O–H groups in total. The van der Waals surface area contributed by atoms with Gasteiger partial charge in [0.25, 0.3) is 10.1 Å².